The van der Waals surface area contributed by atoms with Gasteiger partial charge < -0.3 is 9.64 Å². The summed E-state index contributed by atoms with van der Waals surface area (Å²) in [6.45, 7) is 2.14. The first-order valence-corrected chi connectivity index (χ1v) is 13.0. The maximum Gasteiger partial charge on any atom is 0.270 e. The van der Waals surface area contributed by atoms with Gasteiger partial charge in [-0.05, 0) is 73.5 Å². The minimum absolute atomic E-state index is 0.120. The number of halogens is 2. The zero-order valence-electron chi connectivity index (χ0n) is 20.3. The molecule has 38 heavy (non-hydrogen) atoms. The number of hydrogen-bond acceptors (Lipinski definition) is 4. The highest BCUT2D eigenvalue weighted by Crippen LogP contribution is 2.37. The zero-order valence-corrected chi connectivity index (χ0v) is 21.9. The molecule has 2 aliphatic heterocycles. The summed E-state index contributed by atoms with van der Waals surface area (Å²) in [6.07, 6.45) is 2.63. The number of benzene rings is 3. The molecule has 9 heteroatoms. The summed E-state index contributed by atoms with van der Waals surface area (Å²) in [7, 11) is 0. The zero-order chi connectivity index (χ0) is 26.4. The largest absolute Gasteiger partial charge is 0.341 e. The lowest BCUT2D eigenvalue weighted by Gasteiger charge is -2.23. The molecule has 0 spiro atoms. The summed E-state index contributed by atoms with van der Waals surface area (Å²) >= 11 is 3.46. The summed E-state index contributed by atoms with van der Waals surface area (Å²) in [5, 5.41) is 6.27. The fourth-order valence-corrected chi connectivity index (χ4v) is 5.03. The average molecular weight is 573 g/mol. The van der Waals surface area contributed by atoms with E-state index < -0.39 is 12.3 Å². The van der Waals surface area contributed by atoms with Gasteiger partial charge in [0.25, 0.3) is 11.8 Å². The normalized spacial score (nSPS) is 18.4. The average Bonchev–Trinajstić information content (AvgIpc) is 3.58. The van der Waals surface area contributed by atoms with Gasteiger partial charge in [0.15, 0.2) is 6.23 Å². The topological polar surface area (TPSA) is 76.8 Å². The molecule has 0 bridgehead atoms. The molecule has 4 aromatic rings. The van der Waals surface area contributed by atoms with Crippen molar-refractivity contribution in [1.29, 1.82) is 0 Å². The molecule has 3 heterocycles. The van der Waals surface area contributed by atoms with Gasteiger partial charge in [-0.25, -0.2) is 14.1 Å². The number of rotatable bonds is 6. The van der Waals surface area contributed by atoms with Crippen LogP contribution >= 0.6 is 15.9 Å². The number of carbonyl (C=O) groups is 2. The van der Waals surface area contributed by atoms with Crippen LogP contribution in [0.15, 0.2) is 82.4 Å². The van der Waals surface area contributed by atoms with E-state index in [4.69, 9.17) is 9.84 Å². The van der Waals surface area contributed by atoms with Crippen LogP contribution in [-0.2, 0) is 20.7 Å². The van der Waals surface area contributed by atoms with Crippen molar-refractivity contribution in [1.82, 2.24) is 14.7 Å². The van der Waals surface area contributed by atoms with Gasteiger partial charge in [0, 0.05) is 39.6 Å². The molecule has 7 nitrogen and oxygen atoms in total. The molecular formula is C29H22BrFN4O3. The molecule has 0 unspecified atom stereocenters. The van der Waals surface area contributed by atoms with Gasteiger partial charge >= 0.3 is 0 Å². The molecule has 0 saturated carbocycles. The van der Waals surface area contributed by atoms with Crippen LogP contribution in [0, 0.1) is 5.82 Å². The molecule has 1 fully saturated rings. The first-order chi connectivity index (χ1) is 18.4. The standard InChI is InChI=1S/C29H22BrFN4O3/c1-17-28(37)34(13-12-18-2-3-20-15-26(36)32-25(20)14-18)29(38-17)24-16-35(23-10-6-21(30)7-11-23)33-27(24)19-4-8-22(31)9-5-19/h2-11,14-17,29H,12-13H2,1H3/t17-,29+/m1/s1. The summed E-state index contributed by atoms with van der Waals surface area (Å²) < 4.78 is 22.6. The lowest BCUT2D eigenvalue weighted by Crippen LogP contribution is -2.32. The summed E-state index contributed by atoms with van der Waals surface area (Å²) in [5.74, 6) is -0.721. The smallest absolute Gasteiger partial charge is 0.270 e. The summed E-state index contributed by atoms with van der Waals surface area (Å²) in [5.41, 5.74) is 3.83. The molecule has 2 amide bonds. The quantitative estimate of drug-likeness (QED) is 0.351. The number of nitrogens with zero attached hydrogens (tertiary/aromatic N) is 4. The molecule has 1 aromatic heterocycles. The Morgan fingerprint density at radius 2 is 1.79 bits per heavy atom. The van der Waals surface area contributed by atoms with Gasteiger partial charge in [0.05, 0.1) is 11.0 Å². The third-order valence-corrected chi connectivity index (χ3v) is 7.24. The van der Waals surface area contributed by atoms with Crippen molar-refractivity contribution in [3.63, 3.8) is 0 Å². The molecule has 2 aliphatic rings. The summed E-state index contributed by atoms with van der Waals surface area (Å²) in [6, 6.07) is 19.5. The van der Waals surface area contributed by atoms with Crippen LogP contribution in [0.2, 0.25) is 0 Å². The van der Waals surface area contributed by atoms with Crippen molar-refractivity contribution in [2.75, 3.05) is 6.54 Å². The van der Waals surface area contributed by atoms with Crippen LogP contribution < -0.4 is 10.6 Å². The van der Waals surface area contributed by atoms with Crippen LogP contribution in [0.1, 0.15) is 24.3 Å². The molecule has 0 N–H and O–H groups in total. The number of fused-ring (bicyclic) bond motifs is 1. The van der Waals surface area contributed by atoms with Crippen LogP contribution in [0.25, 0.3) is 23.0 Å². The molecule has 190 valence electrons. The minimum atomic E-state index is -0.671. The Bertz CT molecular complexity index is 1680. The van der Waals surface area contributed by atoms with E-state index in [-0.39, 0.29) is 17.6 Å². The molecule has 1 saturated heterocycles. The predicted molar refractivity (Wildman–Crippen MR) is 142 cm³/mol. The lowest BCUT2D eigenvalue weighted by molar-refractivity contribution is -0.130. The van der Waals surface area contributed by atoms with Crippen molar-refractivity contribution in [2.24, 2.45) is 4.99 Å². The number of hydrogen-bond donors (Lipinski definition) is 0. The van der Waals surface area contributed by atoms with E-state index in [0.717, 1.165) is 20.9 Å². The number of aromatic nitrogens is 2. The van der Waals surface area contributed by atoms with E-state index in [1.807, 2.05) is 48.7 Å². The number of carbonyl (C=O) groups excluding carboxylic acids is 2. The Morgan fingerprint density at radius 3 is 2.55 bits per heavy atom. The molecule has 2 atom stereocenters. The van der Waals surface area contributed by atoms with Crippen LogP contribution in [0.4, 0.5) is 4.39 Å². The van der Waals surface area contributed by atoms with Crippen molar-refractivity contribution in [3.05, 3.63) is 105 Å². The second-order valence-electron chi connectivity index (χ2n) is 9.26. The van der Waals surface area contributed by atoms with Gasteiger partial charge in [-0.3, -0.25) is 9.59 Å². The second kappa shape index (κ2) is 9.74. The van der Waals surface area contributed by atoms with E-state index in [0.29, 0.717) is 35.1 Å². The summed E-state index contributed by atoms with van der Waals surface area (Å²) in [4.78, 5) is 30.6. The van der Waals surface area contributed by atoms with Gasteiger partial charge in [0.2, 0.25) is 0 Å². The Balaban J connectivity index is 1.36. The second-order valence-corrected chi connectivity index (χ2v) is 10.2. The van der Waals surface area contributed by atoms with Crippen molar-refractivity contribution in [3.8, 4) is 16.9 Å². The van der Waals surface area contributed by atoms with Crippen molar-refractivity contribution in [2.45, 2.75) is 25.7 Å². The van der Waals surface area contributed by atoms with Gasteiger partial charge in [-0.1, -0.05) is 28.1 Å². The highest BCUT2D eigenvalue weighted by Gasteiger charge is 2.40. The van der Waals surface area contributed by atoms with E-state index in [2.05, 4.69) is 20.9 Å². The first kappa shape index (κ1) is 24.4. The van der Waals surface area contributed by atoms with Crippen molar-refractivity contribution < 1.29 is 18.7 Å². The molecular weight excluding hydrogens is 551 g/mol. The van der Waals surface area contributed by atoms with Crippen molar-refractivity contribution >= 4 is 33.8 Å². The molecule has 6 rings (SSSR count). The highest BCUT2D eigenvalue weighted by atomic mass is 79.9. The Kier molecular flexibility index (Phi) is 6.25. The molecule has 3 aromatic carbocycles. The van der Waals surface area contributed by atoms with E-state index in [9.17, 15) is 14.0 Å². The Morgan fingerprint density at radius 1 is 1.03 bits per heavy atom. The van der Waals surface area contributed by atoms with Crippen LogP contribution in [0.5, 0.6) is 0 Å². The Labute approximate surface area is 226 Å². The number of ether oxygens (including phenoxy) is 1. The lowest BCUT2D eigenvalue weighted by atomic mass is 10.1. The van der Waals surface area contributed by atoms with Gasteiger partial charge in [-0.15, -0.1) is 0 Å². The Hall–Kier alpha value is -3.95. The van der Waals surface area contributed by atoms with E-state index >= 15 is 0 Å². The molecule has 0 aliphatic carbocycles. The maximum absolute atomic E-state index is 13.7. The predicted octanol–water partition coefficient (Wildman–Crippen LogP) is 3.87. The van der Waals surface area contributed by atoms with Gasteiger partial charge in [0.1, 0.15) is 17.6 Å². The van der Waals surface area contributed by atoms with Gasteiger partial charge in [-0.2, -0.15) is 5.10 Å². The van der Waals surface area contributed by atoms with E-state index in [1.54, 1.807) is 28.6 Å². The van der Waals surface area contributed by atoms with Crippen LogP contribution in [-0.4, -0.2) is 39.1 Å². The van der Waals surface area contributed by atoms with Crippen LogP contribution in [0.3, 0.4) is 0 Å². The third-order valence-electron chi connectivity index (χ3n) is 6.71. The third kappa shape index (κ3) is 4.59. The first-order valence-electron chi connectivity index (χ1n) is 12.2. The fourth-order valence-electron chi connectivity index (χ4n) is 4.77. The molecule has 0 radical (unpaired) electrons. The fraction of sp³-hybridized carbons (Fsp3) is 0.172. The highest BCUT2D eigenvalue weighted by molar-refractivity contribution is 9.10. The van der Waals surface area contributed by atoms with E-state index in [1.165, 1.54) is 18.2 Å². The minimum Gasteiger partial charge on any atom is -0.341 e. The SMILES string of the molecule is C[C@H]1O[C@@H](c2cn(-c3ccc(Br)cc3)nc2-c2ccc(F)cc2)N(CCc2ccc3c(c2)=NC(=O)C=3)C1=O. The maximum atomic E-state index is 13.7. The monoisotopic (exact) mass is 572 g/mol. The number of amides is 2.